The molecule has 0 saturated heterocycles. The molecule has 0 saturated carbocycles. The van der Waals surface area contributed by atoms with E-state index in [-0.39, 0.29) is 0 Å². The van der Waals surface area contributed by atoms with Crippen LogP contribution >= 0.6 is 0 Å². The Kier molecular flexibility index (Phi) is 4.01. The average molecular weight is 275 g/mol. The van der Waals surface area contributed by atoms with Crippen molar-refractivity contribution in [1.29, 1.82) is 5.41 Å². The molecule has 1 aliphatic carbocycles. The summed E-state index contributed by atoms with van der Waals surface area (Å²) >= 11 is 0. The number of unbranched alkanes of at least 4 members (excludes halogenated alkanes) is 1. The molecule has 0 fully saturated rings. The predicted octanol–water partition coefficient (Wildman–Crippen LogP) is 5.40. The van der Waals surface area contributed by atoms with Gasteiger partial charge in [0, 0.05) is 11.6 Å². The van der Waals surface area contributed by atoms with Gasteiger partial charge in [-0.25, -0.2) is 0 Å². The fraction of sp³-hybridized carbons (Fsp3) is 0.250. The molecule has 21 heavy (non-hydrogen) atoms. The first-order chi connectivity index (χ1) is 10.3. The normalized spacial score (nSPS) is 16.0. The van der Waals surface area contributed by atoms with Crippen LogP contribution in [0.5, 0.6) is 0 Å². The van der Waals surface area contributed by atoms with E-state index in [2.05, 4.69) is 61.5 Å². The van der Waals surface area contributed by atoms with Gasteiger partial charge in [0.25, 0.3) is 0 Å². The van der Waals surface area contributed by atoms with E-state index in [1.54, 1.807) is 0 Å². The van der Waals surface area contributed by atoms with Gasteiger partial charge >= 0.3 is 0 Å². The summed E-state index contributed by atoms with van der Waals surface area (Å²) in [4.78, 5) is 0. The van der Waals surface area contributed by atoms with Crippen molar-refractivity contribution in [1.82, 2.24) is 0 Å². The number of allylic oxidation sites excluding steroid dienone is 1. The summed E-state index contributed by atoms with van der Waals surface area (Å²) in [6.45, 7) is 2.18. The van der Waals surface area contributed by atoms with Gasteiger partial charge in [0.2, 0.25) is 0 Å². The van der Waals surface area contributed by atoms with Gasteiger partial charge in [-0.3, -0.25) is 0 Å². The van der Waals surface area contributed by atoms with E-state index in [9.17, 15) is 0 Å². The van der Waals surface area contributed by atoms with Crippen LogP contribution in [0, 0.1) is 5.41 Å². The minimum absolute atomic E-state index is 0.291. The van der Waals surface area contributed by atoms with Crippen LogP contribution in [0.15, 0.2) is 54.6 Å². The molecule has 2 aromatic rings. The molecule has 1 aliphatic rings. The molecule has 3 rings (SSSR count). The Balaban J connectivity index is 1.97. The Hall–Kier alpha value is -2.15. The lowest BCUT2D eigenvalue weighted by molar-refractivity contribution is 0.831. The molecule has 0 aromatic heterocycles. The maximum atomic E-state index is 8.40. The monoisotopic (exact) mass is 275 g/mol. The first-order valence-electron chi connectivity index (χ1n) is 7.75. The largest absolute Gasteiger partial charge is 0.305 e. The highest BCUT2D eigenvalue weighted by Gasteiger charge is 2.21. The lowest BCUT2D eigenvalue weighted by Crippen LogP contribution is -2.07. The highest BCUT2D eigenvalue weighted by atomic mass is 14.4. The van der Waals surface area contributed by atoms with Crippen LogP contribution < -0.4 is 0 Å². The third-order valence-electron chi connectivity index (χ3n) is 4.20. The van der Waals surface area contributed by atoms with Crippen LogP contribution in [0.4, 0.5) is 0 Å². The van der Waals surface area contributed by atoms with E-state index in [1.807, 2.05) is 6.07 Å². The topological polar surface area (TPSA) is 23.9 Å². The van der Waals surface area contributed by atoms with Crippen molar-refractivity contribution >= 4 is 11.8 Å². The van der Waals surface area contributed by atoms with Crippen LogP contribution in [0.25, 0.3) is 6.08 Å². The van der Waals surface area contributed by atoms with Gasteiger partial charge in [0.15, 0.2) is 0 Å². The van der Waals surface area contributed by atoms with Crippen LogP contribution in [-0.4, -0.2) is 5.71 Å². The highest BCUT2D eigenvalue weighted by Crippen LogP contribution is 2.36. The van der Waals surface area contributed by atoms with Crippen LogP contribution in [0.3, 0.4) is 0 Å². The number of nitrogens with one attached hydrogen (secondary N) is 1. The fourth-order valence-corrected chi connectivity index (χ4v) is 3.05. The molecular formula is C20H21N. The van der Waals surface area contributed by atoms with E-state index in [0.29, 0.717) is 5.92 Å². The summed E-state index contributed by atoms with van der Waals surface area (Å²) in [6, 6.07) is 17.0. The van der Waals surface area contributed by atoms with E-state index in [1.165, 1.54) is 16.7 Å². The summed E-state index contributed by atoms with van der Waals surface area (Å²) in [6.07, 6.45) is 7.55. The predicted molar refractivity (Wildman–Crippen MR) is 90.1 cm³/mol. The molecule has 106 valence electrons. The Morgan fingerprint density at radius 2 is 1.71 bits per heavy atom. The summed E-state index contributed by atoms with van der Waals surface area (Å²) < 4.78 is 0. The van der Waals surface area contributed by atoms with Crippen molar-refractivity contribution in [3.8, 4) is 0 Å². The molecule has 1 heteroatoms. The van der Waals surface area contributed by atoms with Crippen molar-refractivity contribution in [3.05, 3.63) is 76.9 Å². The number of benzene rings is 2. The molecule has 1 nitrogen and oxygen atoms in total. The van der Waals surface area contributed by atoms with Crippen molar-refractivity contribution in [2.24, 2.45) is 0 Å². The third-order valence-corrected chi connectivity index (χ3v) is 4.20. The number of hydrogen-bond donors (Lipinski definition) is 1. The Labute approximate surface area is 126 Å². The molecule has 0 radical (unpaired) electrons. The quantitative estimate of drug-likeness (QED) is 0.706. The van der Waals surface area contributed by atoms with Gasteiger partial charge in [-0.05, 0) is 35.1 Å². The van der Waals surface area contributed by atoms with Gasteiger partial charge in [0.05, 0.1) is 0 Å². The first kappa shape index (κ1) is 13.8. The molecule has 2 aromatic carbocycles. The molecule has 0 aliphatic heterocycles. The zero-order valence-electron chi connectivity index (χ0n) is 12.5. The van der Waals surface area contributed by atoms with Crippen LogP contribution in [0.1, 0.15) is 54.4 Å². The maximum absolute atomic E-state index is 8.40. The zero-order valence-corrected chi connectivity index (χ0v) is 12.5. The second kappa shape index (κ2) is 6.09. The summed E-state index contributed by atoms with van der Waals surface area (Å²) in [5.41, 5.74) is 5.80. The zero-order chi connectivity index (χ0) is 14.7. The average Bonchev–Trinajstić information content (AvgIpc) is 2.96. The van der Waals surface area contributed by atoms with Crippen molar-refractivity contribution in [2.75, 3.05) is 0 Å². The van der Waals surface area contributed by atoms with Gasteiger partial charge in [-0.2, -0.15) is 0 Å². The Bertz CT molecular complexity index is 682. The van der Waals surface area contributed by atoms with Gasteiger partial charge < -0.3 is 5.41 Å². The third kappa shape index (κ3) is 2.69. The highest BCUT2D eigenvalue weighted by molar-refractivity contribution is 6.00. The second-order valence-corrected chi connectivity index (χ2v) is 5.64. The lowest BCUT2D eigenvalue weighted by Gasteiger charge is -2.17. The molecule has 1 unspecified atom stereocenters. The van der Waals surface area contributed by atoms with E-state index in [4.69, 9.17) is 5.41 Å². The number of fused-ring (bicyclic) bond motifs is 1. The molecule has 1 atom stereocenters. The first-order valence-corrected chi connectivity index (χ1v) is 7.75. The van der Waals surface area contributed by atoms with Crippen LogP contribution in [-0.2, 0) is 0 Å². The molecule has 0 amide bonds. The maximum Gasteiger partial charge on any atom is 0.0389 e. The Morgan fingerprint density at radius 1 is 1.00 bits per heavy atom. The molecule has 0 bridgehead atoms. The second-order valence-electron chi connectivity index (χ2n) is 5.64. The minimum Gasteiger partial charge on any atom is -0.305 e. The fourth-order valence-electron chi connectivity index (χ4n) is 3.05. The summed E-state index contributed by atoms with van der Waals surface area (Å²) in [5, 5.41) is 8.40. The van der Waals surface area contributed by atoms with Gasteiger partial charge in [-0.15, -0.1) is 0 Å². The van der Waals surface area contributed by atoms with E-state index < -0.39 is 0 Å². The molecule has 0 spiro atoms. The van der Waals surface area contributed by atoms with Crippen LogP contribution in [0.2, 0.25) is 0 Å². The van der Waals surface area contributed by atoms with Crippen molar-refractivity contribution in [3.63, 3.8) is 0 Å². The van der Waals surface area contributed by atoms with Crippen molar-refractivity contribution in [2.45, 2.75) is 32.1 Å². The van der Waals surface area contributed by atoms with E-state index in [0.717, 1.165) is 30.5 Å². The smallest absolute Gasteiger partial charge is 0.0389 e. The lowest BCUT2D eigenvalue weighted by atomic mass is 9.87. The van der Waals surface area contributed by atoms with Crippen molar-refractivity contribution < 1.29 is 0 Å². The van der Waals surface area contributed by atoms with Gasteiger partial charge in [0.1, 0.15) is 0 Å². The molecule has 0 heterocycles. The SMILES string of the molecule is CCCCC(=N)c1ccccc1C1C=Cc2ccccc21. The summed E-state index contributed by atoms with van der Waals surface area (Å²) in [7, 11) is 0. The number of rotatable bonds is 5. The standard InChI is InChI=1S/C20H21N/c1-2-3-12-20(21)19-11-7-6-10-17(19)18-14-13-15-8-4-5-9-16(15)18/h4-11,13-14,18,21H,2-3,12H2,1H3. The molecule has 1 N–H and O–H groups in total. The number of hydrogen-bond acceptors (Lipinski definition) is 1. The Morgan fingerprint density at radius 3 is 2.52 bits per heavy atom. The summed E-state index contributed by atoms with van der Waals surface area (Å²) in [5.74, 6) is 0.291. The van der Waals surface area contributed by atoms with E-state index >= 15 is 0 Å². The minimum atomic E-state index is 0.291. The van der Waals surface area contributed by atoms with Gasteiger partial charge in [-0.1, -0.05) is 74.0 Å². The molecular weight excluding hydrogens is 254 g/mol.